The summed E-state index contributed by atoms with van der Waals surface area (Å²) in [6.07, 6.45) is 0. The zero-order valence-electron chi connectivity index (χ0n) is 16.6. The minimum absolute atomic E-state index is 0.0616. The molecule has 1 aromatic heterocycles. The molecule has 1 aromatic carbocycles. The van der Waals surface area contributed by atoms with Gasteiger partial charge in [0.25, 0.3) is 0 Å². The number of carbonyl (C=O) groups is 1. The van der Waals surface area contributed by atoms with Crippen LogP contribution in [0.4, 0.5) is 4.39 Å². The number of amides is 1. The number of rotatable bonds is 3. The van der Waals surface area contributed by atoms with Crippen LogP contribution in [0.25, 0.3) is 11.4 Å². The van der Waals surface area contributed by atoms with Gasteiger partial charge in [-0.05, 0) is 25.5 Å². The molecule has 0 bridgehead atoms. The summed E-state index contributed by atoms with van der Waals surface area (Å²) in [5, 5.41) is 4.00. The molecule has 3 rings (SSSR count). The summed E-state index contributed by atoms with van der Waals surface area (Å²) in [6.45, 7) is 12.4. The number of benzene rings is 1. The molecule has 0 radical (unpaired) electrons. The van der Waals surface area contributed by atoms with E-state index >= 15 is 0 Å². The third-order valence-electron chi connectivity index (χ3n) is 5.02. The van der Waals surface area contributed by atoms with Crippen LogP contribution >= 0.6 is 0 Å². The zero-order valence-corrected chi connectivity index (χ0v) is 16.6. The third-order valence-corrected chi connectivity index (χ3v) is 5.02. The van der Waals surface area contributed by atoms with Gasteiger partial charge in [0.1, 0.15) is 5.82 Å². The number of aryl methyl sites for hydroxylation is 1. The highest BCUT2D eigenvalue weighted by Crippen LogP contribution is 2.25. The Hall–Kier alpha value is -2.28. The van der Waals surface area contributed by atoms with Gasteiger partial charge in [-0.1, -0.05) is 38.1 Å². The molecule has 1 unspecified atom stereocenters. The van der Waals surface area contributed by atoms with E-state index in [4.69, 9.17) is 4.52 Å². The molecule has 1 aliphatic heterocycles. The number of aromatic nitrogens is 2. The molecule has 1 fully saturated rings. The van der Waals surface area contributed by atoms with E-state index in [9.17, 15) is 9.18 Å². The van der Waals surface area contributed by atoms with Gasteiger partial charge in [-0.15, -0.1) is 0 Å². The lowest BCUT2D eigenvalue weighted by atomic mass is 9.94. The zero-order chi connectivity index (χ0) is 19.8. The molecule has 1 saturated heterocycles. The third kappa shape index (κ3) is 4.18. The lowest BCUT2D eigenvalue weighted by Crippen LogP contribution is -2.52. The second-order valence-electron chi connectivity index (χ2n) is 8.17. The van der Waals surface area contributed by atoms with Crippen molar-refractivity contribution in [1.82, 2.24) is 19.9 Å². The predicted molar refractivity (Wildman–Crippen MR) is 100 cm³/mol. The van der Waals surface area contributed by atoms with Crippen LogP contribution in [0.15, 0.2) is 22.7 Å². The molecule has 1 atom stereocenters. The molecule has 7 heteroatoms. The van der Waals surface area contributed by atoms with Crippen molar-refractivity contribution in [3.63, 3.8) is 0 Å². The highest BCUT2D eigenvalue weighted by atomic mass is 19.1. The second-order valence-corrected chi connectivity index (χ2v) is 8.17. The van der Waals surface area contributed by atoms with E-state index in [-0.39, 0.29) is 23.2 Å². The van der Waals surface area contributed by atoms with Crippen LogP contribution in [-0.4, -0.2) is 52.0 Å². The summed E-state index contributed by atoms with van der Waals surface area (Å²) in [5.41, 5.74) is 0.817. The summed E-state index contributed by atoms with van der Waals surface area (Å²) in [6, 6.07) is 4.85. The maximum Gasteiger partial charge on any atom is 0.244 e. The van der Waals surface area contributed by atoms with Crippen molar-refractivity contribution in [2.75, 3.05) is 26.2 Å². The van der Waals surface area contributed by atoms with Gasteiger partial charge in [-0.3, -0.25) is 9.69 Å². The van der Waals surface area contributed by atoms with E-state index in [0.717, 1.165) is 13.1 Å². The van der Waals surface area contributed by atoms with Crippen LogP contribution in [0.1, 0.15) is 45.2 Å². The topological polar surface area (TPSA) is 62.5 Å². The summed E-state index contributed by atoms with van der Waals surface area (Å²) in [7, 11) is 0. The Morgan fingerprint density at radius 2 is 1.89 bits per heavy atom. The molecule has 0 N–H and O–H groups in total. The highest BCUT2D eigenvalue weighted by molar-refractivity contribution is 5.81. The first-order valence-electron chi connectivity index (χ1n) is 9.30. The number of hydrogen-bond acceptors (Lipinski definition) is 5. The molecule has 0 aliphatic carbocycles. The van der Waals surface area contributed by atoms with Gasteiger partial charge in [0.05, 0.1) is 6.04 Å². The molecule has 2 heterocycles. The van der Waals surface area contributed by atoms with Crippen molar-refractivity contribution in [2.24, 2.45) is 5.41 Å². The fourth-order valence-corrected chi connectivity index (χ4v) is 3.20. The Bertz CT molecular complexity index is 820. The lowest BCUT2D eigenvalue weighted by Gasteiger charge is -2.39. The first kappa shape index (κ1) is 19.5. The van der Waals surface area contributed by atoms with Crippen LogP contribution in [0.3, 0.4) is 0 Å². The summed E-state index contributed by atoms with van der Waals surface area (Å²) < 4.78 is 19.2. The molecule has 1 amide bonds. The van der Waals surface area contributed by atoms with Crippen LogP contribution in [0.5, 0.6) is 0 Å². The fourth-order valence-electron chi connectivity index (χ4n) is 3.20. The Balaban J connectivity index is 1.66. The number of nitrogens with zero attached hydrogens (tertiary/aromatic N) is 4. The Morgan fingerprint density at radius 1 is 1.22 bits per heavy atom. The second kappa shape index (κ2) is 7.38. The van der Waals surface area contributed by atoms with E-state index in [1.54, 1.807) is 19.1 Å². The van der Waals surface area contributed by atoms with Crippen molar-refractivity contribution in [1.29, 1.82) is 0 Å². The van der Waals surface area contributed by atoms with E-state index in [1.807, 2.05) is 32.6 Å². The van der Waals surface area contributed by atoms with Gasteiger partial charge < -0.3 is 9.42 Å². The molecular weight excluding hydrogens is 347 g/mol. The largest absolute Gasteiger partial charge is 0.340 e. The minimum Gasteiger partial charge on any atom is -0.340 e. The maximum atomic E-state index is 13.8. The molecule has 27 heavy (non-hydrogen) atoms. The number of hydrogen-bond donors (Lipinski definition) is 0. The fraction of sp³-hybridized carbons (Fsp3) is 0.550. The first-order chi connectivity index (χ1) is 12.7. The first-order valence-corrected chi connectivity index (χ1v) is 9.30. The Morgan fingerprint density at radius 3 is 2.48 bits per heavy atom. The SMILES string of the molecule is Cc1ccc(-c2noc(C(C)N3CCN(C(=O)C(C)(C)C)CC3)n2)cc1F. The average molecular weight is 374 g/mol. The minimum atomic E-state index is -0.363. The quantitative estimate of drug-likeness (QED) is 0.824. The lowest BCUT2D eigenvalue weighted by molar-refractivity contribution is -0.141. The summed E-state index contributed by atoms with van der Waals surface area (Å²) in [4.78, 5) is 21.0. The van der Waals surface area contributed by atoms with Crippen LogP contribution in [-0.2, 0) is 4.79 Å². The van der Waals surface area contributed by atoms with E-state index < -0.39 is 0 Å². The van der Waals surface area contributed by atoms with Gasteiger partial charge in [0.2, 0.25) is 17.6 Å². The van der Waals surface area contributed by atoms with E-state index in [2.05, 4.69) is 15.0 Å². The normalized spacial score (nSPS) is 17.2. The van der Waals surface area contributed by atoms with Crippen LogP contribution in [0, 0.1) is 18.2 Å². The van der Waals surface area contributed by atoms with Crippen LogP contribution < -0.4 is 0 Å². The summed E-state index contributed by atoms with van der Waals surface area (Å²) in [5.74, 6) is 0.779. The smallest absolute Gasteiger partial charge is 0.244 e. The average Bonchev–Trinajstić information content (AvgIpc) is 3.12. The van der Waals surface area contributed by atoms with E-state index in [0.29, 0.717) is 35.9 Å². The number of carbonyl (C=O) groups excluding carboxylic acids is 1. The van der Waals surface area contributed by atoms with Crippen molar-refractivity contribution in [3.8, 4) is 11.4 Å². The van der Waals surface area contributed by atoms with Crippen molar-refractivity contribution < 1.29 is 13.7 Å². The molecule has 1 aliphatic rings. The standard InChI is InChI=1S/C20H27FN4O2/c1-13-6-7-15(12-16(13)21)17-22-18(27-23-17)14(2)24-8-10-25(11-9-24)19(26)20(3,4)5/h6-7,12,14H,8-11H2,1-5H3. The summed E-state index contributed by atoms with van der Waals surface area (Å²) >= 11 is 0. The van der Waals surface area contributed by atoms with Gasteiger partial charge in [0.15, 0.2) is 0 Å². The van der Waals surface area contributed by atoms with Gasteiger partial charge in [-0.25, -0.2) is 4.39 Å². The maximum absolute atomic E-state index is 13.8. The molecule has 0 saturated carbocycles. The van der Waals surface area contributed by atoms with Crippen molar-refractivity contribution in [3.05, 3.63) is 35.5 Å². The molecular formula is C20H27FN4O2. The van der Waals surface area contributed by atoms with Crippen molar-refractivity contribution >= 4 is 5.91 Å². The number of piperazine rings is 1. The van der Waals surface area contributed by atoms with Gasteiger partial charge in [0, 0.05) is 37.2 Å². The monoisotopic (exact) mass is 374 g/mol. The highest BCUT2D eigenvalue weighted by Gasteiger charge is 2.32. The molecule has 2 aromatic rings. The molecule has 6 nitrogen and oxygen atoms in total. The van der Waals surface area contributed by atoms with E-state index in [1.165, 1.54) is 6.07 Å². The number of halogens is 1. The molecule has 146 valence electrons. The van der Waals surface area contributed by atoms with Crippen molar-refractivity contribution in [2.45, 2.75) is 40.7 Å². The van der Waals surface area contributed by atoms with Crippen LogP contribution in [0.2, 0.25) is 0 Å². The van der Waals surface area contributed by atoms with Gasteiger partial charge >= 0.3 is 0 Å². The molecule has 0 spiro atoms. The predicted octanol–water partition coefficient (Wildman–Crippen LogP) is 3.44. The Labute approximate surface area is 159 Å². The Kier molecular flexibility index (Phi) is 5.33. The van der Waals surface area contributed by atoms with Gasteiger partial charge in [-0.2, -0.15) is 4.98 Å².